The summed E-state index contributed by atoms with van der Waals surface area (Å²) in [5.74, 6) is 0.278. The highest BCUT2D eigenvalue weighted by Crippen LogP contribution is 2.31. The van der Waals surface area contributed by atoms with E-state index in [2.05, 4.69) is 50.2 Å². The van der Waals surface area contributed by atoms with Crippen molar-refractivity contribution >= 4 is 29.6 Å². The van der Waals surface area contributed by atoms with Crippen LogP contribution in [0.25, 0.3) is 16.7 Å². The summed E-state index contributed by atoms with van der Waals surface area (Å²) in [5, 5.41) is 10.7. The lowest BCUT2D eigenvalue weighted by atomic mass is 9.92. The van der Waals surface area contributed by atoms with Gasteiger partial charge in [-0.1, -0.05) is 65.7 Å². The van der Waals surface area contributed by atoms with Gasteiger partial charge >= 0.3 is 0 Å². The molecule has 0 radical (unpaired) electrons. The van der Waals surface area contributed by atoms with Gasteiger partial charge in [0.2, 0.25) is 0 Å². The molecule has 146 valence electrons. The van der Waals surface area contributed by atoms with Crippen LogP contribution >= 0.6 is 24.0 Å². The van der Waals surface area contributed by atoms with Crippen molar-refractivity contribution in [3.05, 3.63) is 94.5 Å². The first-order valence-electron chi connectivity index (χ1n) is 8.94. The van der Waals surface area contributed by atoms with Crippen molar-refractivity contribution in [1.29, 1.82) is 0 Å². The van der Waals surface area contributed by atoms with Crippen molar-refractivity contribution in [2.75, 3.05) is 20.6 Å². The van der Waals surface area contributed by atoms with Gasteiger partial charge in [0.1, 0.15) is 5.75 Å². The number of halogens is 2. The van der Waals surface area contributed by atoms with Crippen molar-refractivity contribution in [1.82, 2.24) is 4.90 Å². The Balaban J connectivity index is 0.00000280. The van der Waals surface area contributed by atoms with E-state index in [1.54, 1.807) is 6.07 Å². The Morgan fingerprint density at radius 1 is 0.857 bits per heavy atom. The van der Waals surface area contributed by atoms with E-state index in [0.29, 0.717) is 0 Å². The predicted molar refractivity (Wildman–Crippen MR) is 122 cm³/mol. The number of likely N-dealkylation sites (N-methyl/N-ethyl adjacent to an activating group) is 1. The van der Waals surface area contributed by atoms with Crippen LogP contribution in [-0.4, -0.2) is 30.6 Å². The van der Waals surface area contributed by atoms with E-state index in [4.69, 9.17) is 11.6 Å². The summed E-state index contributed by atoms with van der Waals surface area (Å²) in [6.07, 6.45) is 0. The van der Waals surface area contributed by atoms with E-state index in [1.807, 2.05) is 42.5 Å². The average molecular weight is 414 g/mol. The summed E-state index contributed by atoms with van der Waals surface area (Å²) >= 11 is 5.99. The van der Waals surface area contributed by atoms with Gasteiger partial charge in [0.05, 0.1) is 0 Å². The Kier molecular flexibility index (Phi) is 7.70. The van der Waals surface area contributed by atoms with E-state index in [9.17, 15) is 5.11 Å². The molecular formula is C24H25Cl2NO. The summed E-state index contributed by atoms with van der Waals surface area (Å²) in [6.45, 7) is 3.00. The molecule has 0 saturated heterocycles. The van der Waals surface area contributed by atoms with Gasteiger partial charge in [-0.3, -0.25) is 0 Å². The summed E-state index contributed by atoms with van der Waals surface area (Å²) < 4.78 is 0. The minimum Gasteiger partial charge on any atom is -0.508 e. The largest absolute Gasteiger partial charge is 0.508 e. The summed E-state index contributed by atoms with van der Waals surface area (Å²) in [4.78, 5) is 2.15. The number of rotatable bonds is 5. The Bertz CT molecular complexity index is 945. The zero-order chi connectivity index (χ0) is 19.4. The lowest BCUT2D eigenvalue weighted by molar-refractivity contribution is 0.446. The number of benzene rings is 3. The van der Waals surface area contributed by atoms with Crippen LogP contribution in [0.2, 0.25) is 5.02 Å². The van der Waals surface area contributed by atoms with Crippen LogP contribution in [0.4, 0.5) is 0 Å². The molecule has 3 aromatic rings. The highest BCUT2D eigenvalue weighted by atomic mass is 35.5. The minimum absolute atomic E-state index is 0. The lowest BCUT2D eigenvalue weighted by Crippen LogP contribution is -2.15. The molecule has 0 aliphatic carbocycles. The van der Waals surface area contributed by atoms with Crippen LogP contribution in [-0.2, 0) is 0 Å². The number of nitrogens with zero attached hydrogens (tertiary/aromatic N) is 1. The molecule has 0 unspecified atom stereocenters. The Labute approximate surface area is 178 Å². The van der Waals surface area contributed by atoms with Gasteiger partial charge in [0.15, 0.2) is 0 Å². The van der Waals surface area contributed by atoms with Gasteiger partial charge in [-0.25, -0.2) is 0 Å². The molecule has 0 bridgehead atoms. The van der Waals surface area contributed by atoms with Gasteiger partial charge in [0.25, 0.3) is 0 Å². The first-order valence-corrected chi connectivity index (χ1v) is 9.32. The fourth-order valence-corrected chi connectivity index (χ4v) is 3.47. The summed E-state index contributed by atoms with van der Waals surface area (Å²) in [7, 11) is 4.13. The molecule has 0 amide bonds. The molecule has 4 heteroatoms. The van der Waals surface area contributed by atoms with Gasteiger partial charge in [-0.15, -0.1) is 12.4 Å². The van der Waals surface area contributed by atoms with Crippen LogP contribution in [0.3, 0.4) is 0 Å². The number of hydrogen-bond acceptors (Lipinski definition) is 2. The molecule has 3 aromatic carbocycles. The van der Waals surface area contributed by atoms with Gasteiger partial charge in [-0.2, -0.15) is 0 Å². The standard InChI is InChI=1S/C24H24ClNO.ClH/c1-17(16-26(2)3)24(21-5-4-6-23(27)15-21)20-9-7-18(8-10-20)19-11-13-22(25)14-12-19;/h4-15,27H,16H2,1-3H3;1H. The molecule has 0 saturated carbocycles. The third-order valence-electron chi connectivity index (χ3n) is 4.47. The number of phenolic OH excluding ortho intramolecular Hbond substituents is 1. The molecular weight excluding hydrogens is 389 g/mol. The molecule has 0 spiro atoms. The third kappa shape index (κ3) is 5.39. The Morgan fingerprint density at radius 3 is 1.96 bits per heavy atom. The van der Waals surface area contributed by atoms with Crippen molar-refractivity contribution in [2.45, 2.75) is 6.92 Å². The smallest absolute Gasteiger partial charge is 0.116 e. The lowest BCUT2D eigenvalue weighted by Gasteiger charge is -2.17. The van der Waals surface area contributed by atoms with Gasteiger partial charge in [-0.05, 0) is 73.1 Å². The first-order chi connectivity index (χ1) is 12.9. The summed E-state index contributed by atoms with van der Waals surface area (Å²) in [5.41, 5.74) is 6.85. The first kappa shape index (κ1) is 22.0. The second-order valence-corrected chi connectivity index (χ2v) is 7.46. The normalized spacial score (nSPS) is 11.8. The second kappa shape index (κ2) is 9.79. The second-order valence-electron chi connectivity index (χ2n) is 7.03. The summed E-state index contributed by atoms with van der Waals surface area (Å²) in [6, 6.07) is 23.9. The molecule has 0 atom stereocenters. The maximum Gasteiger partial charge on any atom is 0.116 e. The molecule has 0 aliphatic heterocycles. The van der Waals surface area contributed by atoms with Crippen molar-refractivity contribution in [3.63, 3.8) is 0 Å². The molecule has 0 aromatic heterocycles. The van der Waals surface area contributed by atoms with Crippen LogP contribution in [0.15, 0.2) is 78.4 Å². The topological polar surface area (TPSA) is 23.5 Å². The zero-order valence-electron chi connectivity index (χ0n) is 16.3. The van der Waals surface area contributed by atoms with Gasteiger partial charge < -0.3 is 10.0 Å². The monoisotopic (exact) mass is 413 g/mol. The molecule has 0 heterocycles. The third-order valence-corrected chi connectivity index (χ3v) is 4.72. The quantitative estimate of drug-likeness (QED) is 0.514. The van der Waals surface area contributed by atoms with Crippen LogP contribution in [0.5, 0.6) is 5.75 Å². The fourth-order valence-electron chi connectivity index (χ4n) is 3.35. The van der Waals surface area contributed by atoms with Gasteiger partial charge in [0, 0.05) is 11.6 Å². The molecule has 0 aliphatic rings. The van der Waals surface area contributed by atoms with E-state index in [1.165, 1.54) is 5.57 Å². The maximum atomic E-state index is 9.94. The fraction of sp³-hybridized carbons (Fsp3) is 0.167. The van der Waals surface area contributed by atoms with Crippen LogP contribution in [0.1, 0.15) is 18.1 Å². The van der Waals surface area contributed by atoms with Crippen molar-refractivity contribution in [3.8, 4) is 16.9 Å². The molecule has 3 rings (SSSR count). The highest BCUT2D eigenvalue weighted by molar-refractivity contribution is 6.30. The molecule has 2 nitrogen and oxygen atoms in total. The van der Waals surface area contributed by atoms with Crippen LogP contribution in [0, 0.1) is 0 Å². The van der Waals surface area contributed by atoms with E-state index in [0.717, 1.165) is 39.4 Å². The van der Waals surface area contributed by atoms with E-state index < -0.39 is 0 Å². The Hall–Kier alpha value is -2.26. The molecule has 0 fully saturated rings. The van der Waals surface area contributed by atoms with Crippen LogP contribution < -0.4 is 0 Å². The number of phenols is 1. The Morgan fingerprint density at radius 2 is 1.43 bits per heavy atom. The minimum atomic E-state index is 0. The highest BCUT2D eigenvalue weighted by Gasteiger charge is 2.11. The van der Waals surface area contributed by atoms with Crippen molar-refractivity contribution < 1.29 is 5.11 Å². The van der Waals surface area contributed by atoms with E-state index >= 15 is 0 Å². The maximum absolute atomic E-state index is 9.94. The average Bonchev–Trinajstić information content (AvgIpc) is 2.63. The predicted octanol–water partition coefficient (Wildman–Crippen LogP) is 6.52. The number of aromatic hydroxyl groups is 1. The zero-order valence-corrected chi connectivity index (χ0v) is 17.9. The van der Waals surface area contributed by atoms with E-state index in [-0.39, 0.29) is 18.2 Å². The van der Waals surface area contributed by atoms with Crippen molar-refractivity contribution in [2.24, 2.45) is 0 Å². The molecule has 1 N–H and O–H groups in total. The SMILES string of the molecule is CC(CN(C)C)=C(c1ccc(-c2ccc(Cl)cc2)cc1)c1cccc(O)c1.Cl. The molecule has 28 heavy (non-hydrogen) atoms. The number of hydrogen-bond donors (Lipinski definition) is 1.